The van der Waals surface area contributed by atoms with E-state index in [-0.39, 0.29) is 0 Å². The molecule has 0 amide bonds. The van der Waals surface area contributed by atoms with Crippen LogP contribution in [0, 0.1) is 5.92 Å². The molecule has 3 heteroatoms. The Hall–Kier alpha value is -1.09. The zero-order chi connectivity index (χ0) is 15.1. The Morgan fingerprint density at radius 3 is 2.52 bits per heavy atom. The second-order valence-electron chi connectivity index (χ2n) is 6.84. The van der Waals surface area contributed by atoms with Gasteiger partial charge in [0, 0.05) is 31.9 Å². The fourth-order valence-electron chi connectivity index (χ4n) is 3.13. The molecule has 1 aliphatic heterocycles. The Kier molecular flexibility index (Phi) is 6.50. The summed E-state index contributed by atoms with van der Waals surface area (Å²) in [5, 5.41) is 3.63. The van der Waals surface area contributed by atoms with Crippen molar-refractivity contribution in [2.45, 2.75) is 65.5 Å². The van der Waals surface area contributed by atoms with Crippen molar-refractivity contribution < 1.29 is 0 Å². The van der Waals surface area contributed by atoms with Crippen LogP contribution in [0.5, 0.6) is 0 Å². The van der Waals surface area contributed by atoms with Crippen molar-refractivity contribution in [3.8, 4) is 0 Å². The summed E-state index contributed by atoms with van der Waals surface area (Å²) in [6, 6.07) is 4.97. The normalized spacial score (nSPS) is 17.8. The van der Waals surface area contributed by atoms with E-state index in [0.717, 1.165) is 31.4 Å². The molecule has 0 aromatic carbocycles. The molecule has 1 atom stereocenters. The van der Waals surface area contributed by atoms with Gasteiger partial charge in [-0.15, -0.1) is 0 Å². The topological polar surface area (TPSA) is 28.2 Å². The van der Waals surface area contributed by atoms with Gasteiger partial charge in [-0.25, -0.2) is 4.98 Å². The average Bonchev–Trinajstić information content (AvgIpc) is 2.74. The summed E-state index contributed by atoms with van der Waals surface area (Å²) in [5.41, 5.74) is 1.35. The summed E-state index contributed by atoms with van der Waals surface area (Å²) in [7, 11) is 0. The second kappa shape index (κ2) is 8.38. The van der Waals surface area contributed by atoms with E-state index in [2.05, 4.69) is 48.1 Å². The van der Waals surface area contributed by atoms with Crippen LogP contribution in [-0.4, -0.2) is 24.1 Å². The van der Waals surface area contributed by atoms with Crippen LogP contribution in [0.3, 0.4) is 0 Å². The second-order valence-corrected chi connectivity index (χ2v) is 6.84. The number of anilines is 1. The van der Waals surface area contributed by atoms with Gasteiger partial charge in [0.2, 0.25) is 0 Å². The summed E-state index contributed by atoms with van der Waals surface area (Å²) in [6.07, 6.45) is 8.52. The van der Waals surface area contributed by atoms with Gasteiger partial charge in [-0.1, -0.05) is 26.7 Å². The molecule has 0 saturated carbocycles. The minimum Gasteiger partial charge on any atom is -0.357 e. The quantitative estimate of drug-likeness (QED) is 0.858. The first-order valence-corrected chi connectivity index (χ1v) is 8.58. The van der Waals surface area contributed by atoms with Gasteiger partial charge in [0.15, 0.2) is 0 Å². The third-order valence-electron chi connectivity index (χ3n) is 4.22. The first-order chi connectivity index (χ1) is 10.1. The molecule has 0 unspecified atom stereocenters. The molecule has 0 radical (unpaired) electrons. The van der Waals surface area contributed by atoms with Crippen molar-refractivity contribution in [2.75, 3.05) is 18.0 Å². The molecular formula is C18H31N3. The molecule has 2 heterocycles. The van der Waals surface area contributed by atoms with Crippen LogP contribution < -0.4 is 10.2 Å². The van der Waals surface area contributed by atoms with Gasteiger partial charge < -0.3 is 10.2 Å². The van der Waals surface area contributed by atoms with Crippen LogP contribution in [0.1, 0.15) is 58.4 Å². The third kappa shape index (κ3) is 5.66. The Balaban J connectivity index is 1.90. The van der Waals surface area contributed by atoms with Crippen molar-refractivity contribution in [3.05, 3.63) is 23.9 Å². The highest BCUT2D eigenvalue weighted by Gasteiger charge is 2.11. The van der Waals surface area contributed by atoms with Crippen molar-refractivity contribution in [2.24, 2.45) is 5.92 Å². The largest absolute Gasteiger partial charge is 0.357 e. The average molecular weight is 289 g/mol. The molecular weight excluding hydrogens is 258 g/mol. The summed E-state index contributed by atoms with van der Waals surface area (Å²) < 4.78 is 0. The van der Waals surface area contributed by atoms with Crippen molar-refractivity contribution in [3.63, 3.8) is 0 Å². The zero-order valence-corrected chi connectivity index (χ0v) is 13.9. The Morgan fingerprint density at radius 1 is 1.14 bits per heavy atom. The van der Waals surface area contributed by atoms with Crippen LogP contribution in [0.2, 0.25) is 0 Å². The van der Waals surface area contributed by atoms with Crippen LogP contribution in [0.15, 0.2) is 18.3 Å². The number of hydrogen-bond donors (Lipinski definition) is 1. The minimum atomic E-state index is 0.569. The Labute approximate surface area is 130 Å². The molecule has 0 spiro atoms. The van der Waals surface area contributed by atoms with Crippen LogP contribution >= 0.6 is 0 Å². The fraction of sp³-hybridized carbons (Fsp3) is 0.722. The number of nitrogens with one attached hydrogen (secondary N) is 1. The van der Waals surface area contributed by atoms with E-state index in [1.807, 2.05) is 6.20 Å². The summed E-state index contributed by atoms with van der Waals surface area (Å²) in [5.74, 6) is 1.91. The van der Waals surface area contributed by atoms with Gasteiger partial charge >= 0.3 is 0 Å². The Bertz CT molecular complexity index is 409. The van der Waals surface area contributed by atoms with Gasteiger partial charge in [-0.05, 0) is 49.8 Å². The summed E-state index contributed by atoms with van der Waals surface area (Å²) in [6.45, 7) is 10.1. The molecule has 0 aliphatic carbocycles. The number of nitrogens with zero attached hydrogens (tertiary/aromatic N) is 2. The molecule has 21 heavy (non-hydrogen) atoms. The molecule has 3 nitrogen and oxygen atoms in total. The van der Waals surface area contributed by atoms with E-state index < -0.39 is 0 Å². The molecule has 118 valence electrons. The maximum atomic E-state index is 4.58. The first-order valence-electron chi connectivity index (χ1n) is 8.58. The van der Waals surface area contributed by atoms with E-state index in [9.17, 15) is 0 Å². The number of hydrogen-bond acceptors (Lipinski definition) is 3. The van der Waals surface area contributed by atoms with Gasteiger partial charge in [0.25, 0.3) is 0 Å². The highest BCUT2D eigenvalue weighted by molar-refractivity contribution is 5.41. The van der Waals surface area contributed by atoms with Crippen molar-refractivity contribution in [1.29, 1.82) is 0 Å². The third-order valence-corrected chi connectivity index (χ3v) is 4.22. The van der Waals surface area contributed by atoms with E-state index in [0.29, 0.717) is 6.04 Å². The van der Waals surface area contributed by atoms with Crippen LogP contribution in [-0.2, 0) is 6.54 Å². The van der Waals surface area contributed by atoms with Crippen molar-refractivity contribution >= 4 is 5.82 Å². The Morgan fingerprint density at radius 2 is 1.86 bits per heavy atom. The van der Waals surface area contributed by atoms with Crippen LogP contribution in [0.25, 0.3) is 0 Å². The standard InChI is InChI=1S/C18H31N3/c1-15(2)12-16(3)20-14-17-8-9-19-18(13-17)21-10-6-4-5-7-11-21/h8-9,13,15-16,20H,4-7,10-12,14H2,1-3H3/t16-/m0/s1. The van der Waals surface area contributed by atoms with Gasteiger partial charge in [-0.3, -0.25) is 0 Å². The zero-order valence-electron chi connectivity index (χ0n) is 13.9. The van der Waals surface area contributed by atoms with Gasteiger partial charge in [-0.2, -0.15) is 0 Å². The molecule has 1 fully saturated rings. The highest BCUT2D eigenvalue weighted by atomic mass is 15.2. The molecule has 1 aromatic heterocycles. The van der Waals surface area contributed by atoms with E-state index in [1.165, 1.54) is 37.7 Å². The molecule has 1 aromatic rings. The highest BCUT2D eigenvalue weighted by Crippen LogP contribution is 2.18. The SMILES string of the molecule is CC(C)C[C@H](C)NCc1ccnc(N2CCCCCC2)c1. The lowest BCUT2D eigenvalue weighted by Gasteiger charge is -2.22. The lowest BCUT2D eigenvalue weighted by Crippen LogP contribution is -2.27. The van der Waals surface area contributed by atoms with Crippen molar-refractivity contribution in [1.82, 2.24) is 10.3 Å². The smallest absolute Gasteiger partial charge is 0.128 e. The monoisotopic (exact) mass is 289 g/mol. The first kappa shape index (κ1) is 16.3. The lowest BCUT2D eigenvalue weighted by molar-refractivity contribution is 0.441. The maximum absolute atomic E-state index is 4.58. The summed E-state index contributed by atoms with van der Waals surface area (Å²) in [4.78, 5) is 7.03. The number of pyridine rings is 1. The predicted molar refractivity (Wildman–Crippen MR) is 90.7 cm³/mol. The van der Waals surface area contributed by atoms with Gasteiger partial charge in [0.1, 0.15) is 5.82 Å². The van der Waals surface area contributed by atoms with E-state index >= 15 is 0 Å². The number of rotatable bonds is 6. The predicted octanol–water partition coefficient (Wildman–Crippen LogP) is 3.99. The molecule has 1 aliphatic rings. The van der Waals surface area contributed by atoms with Gasteiger partial charge in [0.05, 0.1) is 0 Å². The van der Waals surface area contributed by atoms with E-state index in [4.69, 9.17) is 0 Å². The number of aromatic nitrogens is 1. The summed E-state index contributed by atoms with van der Waals surface area (Å²) >= 11 is 0. The maximum Gasteiger partial charge on any atom is 0.128 e. The van der Waals surface area contributed by atoms with Crippen LogP contribution in [0.4, 0.5) is 5.82 Å². The minimum absolute atomic E-state index is 0.569. The molecule has 2 rings (SSSR count). The fourth-order valence-corrected chi connectivity index (χ4v) is 3.13. The molecule has 1 N–H and O–H groups in total. The lowest BCUT2D eigenvalue weighted by atomic mass is 10.1. The molecule has 1 saturated heterocycles. The van der Waals surface area contributed by atoms with E-state index in [1.54, 1.807) is 0 Å². The molecule has 0 bridgehead atoms.